The molecule has 5 aliphatic rings. The van der Waals surface area contributed by atoms with Crippen LogP contribution in [0.1, 0.15) is 127 Å². The van der Waals surface area contributed by atoms with Gasteiger partial charge in [-0.2, -0.15) is 0 Å². The Morgan fingerprint density at radius 1 is 1.02 bits per heavy atom. The Morgan fingerprint density at radius 3 is 2.29 bits per heavy atom. The number of allylic oxidation sites excluding steroid dienone is 2. The molecule has 4 fully saturated rings. The van der Waals surface area contributed by atoms with E-state index in [1.807, 2.05) is 26.8 Å². The fraction of sp³-hybridized carbons (Fsp3) is 0.780. The molecule has 0 amide bonds. The van der Waals surface area contributed by atoms with Crippen LogP contribution in [0, 0.1) is 57.2 Å². The van der Waals surface area contributed by atoms with Gasteiger partial charge in [-0.3, -0.25) is 24.0 Å². The van der Waals surface area contributed by atoms with Crippen molar-refractivity contribution >= 4 is 29.5 Å². The molecule has 0 radical (unpaired) electrons. The Kier molecular flexibility index (Phi) is 9.77. The highest BCUT2D eigenvalue weighted by Gasteiger charge is 2.81. The highest BCUT2D eigenvalue weighted by molar-refractivity contribution is 6.00. The van der Waals surface area contributed by atoms with E-state index in [-0.39, 0.29) is 69.8 Å². The molecule has 4 saturated carbocycles. The number of carbonyl (C=O) groups is 5. The zero-order valence-corrected chi connectivity index (χ0v) is 31.6. The molecule has 0 aromatic rings. The number of hydrogen-bond donors (Lipinski definition) is 0. The van der Waals surface area contributed by atoms with Gasteiger partial charge in [-0.1, -0.05) is 54.2 Å². The largest absolute Gasteiger partial charge is 0.462 e. The lowest BCUT2D eigenvalue weighted by molar-refractivity contribution is -0.169. The quantitative estimate of drug-likeness (QED) is 0.124. The molecule has 5 rings (SSSR count). The summed E-state index contributed by atoms with van der Waals surface area (Å²) in [6.45, 7) is 23.6. The standard InChI is InChI=1S/C41H60O8/c1-12-23(2)24(3)35(46)36(48-32(44)15-16-33(45)49-37(7,8)9)26(5)34-30(47-27(6)42)21-39(11)31-14-13-28-25(4)29(43)17-18-40(28)22-41(31,40)20-19-38(34,39)10/h17-18,23,25-26,28,30-31,34,36H,3,12-16,19-22H2,1-2,4-11H3/t23-,25-,26-,28-,30-,31-,34-,36+,38+,39-,40+,41-/m0/s1. The predicted octanol–water partition coefficient (Wildman–Crippen LogP) is 7.76. The summed E-state index contributed by atoms with van der Waals surface area (Å²) in [4.78, 5) is 65.5. The van der Waals surface area contributed by atoms with Crippen LogP contribution >= 0.6 is 0 Å². The van der Waals surface area contributed by atoms with E-state index in [0.29, 0.717) is 30.3 Å². The lowest BCUT2D eigenvalue weighted by atomic mass is 9.43. The number of ether oxygens (including phenoxy) is 3. The van der Waals surface area contributed by atoms with Crippen LogP contribution in [-0.2, 0) is 38.2 Å². The number of rotatable bonds is 11. The first-order chi connectivity index (χ1) is 22.7. The van der Waals surface area contributed by atoms with Crippen molar-refractivity contribution < 1.29 is 38.2 Å². The second-order valence-electron chi connectivity index (χ2n) is 17.9. The Hall–Kier alpha value is -2.77. The second kappa shape index (κ2) is 12.8. The minimum absolute atomic E-state index is 0.0342. The van der Waals surface area contributed by atoms with Crippen LogP contribution in [0.3, 0.4) is 0 Å². The molecule has 12 atom stereocenters. The topological polar surface area (TPSA) is 113 Å². The summed E-state index contributed by atoms with van der Waals surface area (Å²) in [6, 6.07) is 0. The average molecular weight is 681 g/mol. The van der Waals surface area contributed by atoms with Gasteiger partial charge in [0.25, 0.3) is 0 Å². The third kappa shape index (κ3) is 6.05. The number of Topliss-reactive ketones (excluding diaryl/α,β-unsaturated/α-hetero) is 1. The van der Waals surface area contributed by atoms with Crippen molar-refractivity contribution in [2.24, 2.45) is 57.2 Å². The summed E-state index contributed by atoms with van der Waals surface area (Å²) in [7, 11) is 0. The van der Waals surface area contributed by atoms with Crippen LogP contribution in [-0.4, -0.2) is 47.3 Å². The van der Waals surface area contributed by atoms with E-state index in [1.54, 1.807) is 20.8 Å². The van der Waals surface area contributed by atoms with E-state index < -0.39 is 35.7 Å². The van der Waals surface area contributed by atoms with Crippen LogP contribution in [0.5, 0.6) is 0 Å². The minimum Gasteiger partial charge on any atom is -0.462 e. The van der Waals surface area contributed by atoms with E-state index >= 15 is 0 Å². The summed E-state index contributed by atoms with van der Waals surface area (Å²) >= 11 is 0. The smallest absolute Gasteiger partial charge is 0.307 e. The fourth-order valence-corrected chi connectivity index (χ4v) is 11.7. The Bertz CT molecular complexity index is 1440. The lowest BCUT2D eigenvalue weighted by Crippen LogP contribution is -2.56. The summed E-state index contributed by atoms with van der Waals surface area (Å²) in [5.74, 6) is -1.67. The van der Waals surface area contributed by atoms with Crippen LogP contribution in [0.15, 0.2) is 24.3 Å². The van der Waals surface area contributed by atoms with Gasteiger partial charge in [0.05, 0.1) is 12.8 Å². The summed E-state index contributed by atoms with van der Waals surface area (Å²) in [5.41, 5.74) is -0.646. The first-order valence-corrected chi connectivity index (χ1v) is 18.7. The summed E-state index contributed by atoms with van der Waals surface area (Å²) in [5, 5.41) is 0. The Labute approximate surface area is 293 Å². The third-order valence-electron chi connectivity index (χ3n) is 14.4. The molecule has 8 heteroatoms. The maximum atomic E-state index is 14.3. The molecule has 0 unspecified atom stereocenters. The second-order valence-corrected chi connectivity index (χ2v) is 17.9. The van der Waals surface area contributed by atoms with Gasteiger partial charge in [-0.05, 0) is 117 Å². The van der Waals surface area contributed by atoms with E-state index in [9.17, 15) is 24.0 Å². The van der Waals surface area contributed by atoms with Crippen molar-refractivity contribution in [1.82, 2.24) is 0 Å². The zero-order chi connectivity index (χ0) is 36.5. The van der Waals surface area contributed by atoms with Crippen molar-refractivity contribution in [3.05, 3.63) is 24.3 Å². The summed E-state index contributed by atoms with van der Waals surface area (Å²) < 4.78 is 17.7. The van der Waals surface area contributed by atoms with Gasteiger partial charge in [0, 0.05) is 24.7 Å². The molecule has 0 aromatic carbocycles. The molecule has 0 aliphatic heterocycles. The van der Waals surface area contributed by atoms with Gasteiger partial charge in [0.15, 0.2) is 17.7 Å². The SMILES string of the molecule is C=C(C(=O)[C@H](OC(=O)CCC(=O)OC(C)(C)C)[C@@H](C)[C@H]1[C@@H](OC(C)=O)C[C@@]2(C)[C@@H]3CC[C@H]4[C@H](C)C(=O)C=C[C@@]45C[C@@]35CC[C@]12C)[C@@H](C)CC. The predicted molar refractivity (Wildman–Crippen MR) is 186 cm³/mol. The number of fused-ring (bicyclic) bond motifs is 2. The highest BCUT2D eigenvalue weighted by Crippen LogP contribution is 2.87. The molecule has 0 heterocycles. The minimum atomic E-state index is -1.14. The molecule has 272 valence electrons. The Balaban J connectivity index is 1.48. The van der Waals surface area contributed by atoms with Crippen molar-refractivity contribution in [2.45, 2.75) is 145 Å². The lowest BCUT2D eigenvalue weighted by Gasteiger charge is -2.61. The molecular formula is C41H60O8. The van der Waals surface area contributed by atoms with Gasteiger partial charge in [-0.15, -0.1) is 0 Å². The zero-order valence-electron chi connectivity index (χ0n) is 31.6. The third-order valence-corrected chi connectivity index (χ3v) is 14.4. The van der Waals surface area contributed by atoms with Crippen molar-refractivity contribution in [2.75, 3.05) is 0 Å². The van der Waals surface area contributed by atoms with Crippen LogP contribution < -0.4 is 0 Å². The molecule has 0 saturated heterocycles. The number of esters is 3. The monoisotopic (exact) mass is 680 g/mol. The van der Waals surface area contributed by atoms with Crippen molar-refractivity contribution in [3.63, 3.8) is 0 Å². The van der Waals surface area contributed by atoms with E-state index in [0.717, 1.165) is 32.1 Å². The molecule has 0 bridgehead atoms. The highest BCUT2D eigenvalue weighted by atomic mass is 16.6. The van der Waals surface area contributed by atoms with E-state index in [2.05, 4.69) is 33.4 Å². The number of carbonyl (C=O) groups excluding carboxylic acids is 5. The number of hydrogen-bond acceptors (Lipinski definition) is 8. The molecule has 2 spiro atoms. The van der Waals surface area contributed by atoms with Gasteiger partial charge in [-0.25, -0.2) is 0 Å². The summed E-state index contributed by atoms with van der Waals surface area (Å²) in [6.07, 6.45) is 8.52. The maximum absolute atomic E-state index is 14.3. The molecule has 8 nitrogen and oxygen atoms in total. The number of ketones is 2. The molecule has 49 heavy (non-hydrogen) atoms. The molecule has 0 N–H and O–H groups in total. The average Bonchev–Trinajstić information content (AvgIpc) is 3.62. The fourth-order valence-electron chi connectivity index (χ4n) is 11.7. The van der Waals surface area contributed by atoms with Crippen LogP contribution in [0.2, 0.25) is 0 Å². The normalized spacial score (nSPS) is 39.2. The maximum Gasteiger partial charge on any atom is 0.307 e. The van der Waals surface area contributed by atoms with E-state index in [4.69, 9.17) is 14.2 Å². The van der Waals surface area contributed by atoms with Crippen molar-refractivity contribution in [3.8, 4) is 0 Å². The molecular weight excluding hydrogens is 620 g/mol. The van der Waals surface area contributed by atoms with Gasteiger partial charge >= 0.3 is 17.9 Å². The van der Waals surface area contributed by atoms with Crippen LogP contribution in [0.4, 0.5) is 0 Å². The molecule has 0 aromatic heterocycles. The first kappa shape index (κ1) is 37.5. The van der Waals surface area contributed by atoms with Gasteiger partial charge in [0.1, 0.15) is 11.7 Å². The van der Waals surface area contributed by atoms with Crippen molar-refractivity contribution in [1.29, 1.82) is 0 Å². The molecule has 5 aliphatic carbocycles. The van der Waals surface area contributed by atoms with Gasteiger partial charge < -0.3 is 14.2 Å². The Morgan fingerprint density at radius 2 is 1.67 bits per heavy atom. The van der Waals surface area contributed by atoms with Gasteiger partial charge in [0.2, 0.25) is 0 Å². The van der Waals surface area contributed by atoms with Crippen LogP contribution in [0.25, 0.3) is 0 Å². The first-order valence-electron chi connectivity index (χ1n) is 18.7. The van der Waals surface area contributed by atoms with E-state index in [1.165, 1.54) is 6.92 Å².